The molecule has 33 heavy (non-hydrogen) atoms. The van der Waals surface area contributed by atoms with E-state index in [2.05, 4.69) is 0 Å². The van der Waals surface area contributed by atoms with Gasteiger partial charge in [-0.1, -0.05) is 23.8 Å². The number of aliphatic hydroxyl groups is 1. The van der Waals surface area contributed by atoms with E-state index in [4.69, 9.17) is 9.15 Å². The van der Waals surface area contributed by atoms with Gasteiger partial charge in [-0.25, -0.2) is 0 Å². The van der Waals surface area contributed by atoms with Crippen LogP contribution in [0.5, 0.6) is 5.75 Å². The van der Waals surface area contributed by atoms with Crippen molar-refractivity contribution in [3.05, 3.63) is 76.8 Å². The number of hydrogen-bond acceptors (Lipinski definition) is 6. The molecule has 0 saturated heterocycles. The molecule has 4 rings (SSSR count). The molecule has 0 radical (unpaired) electrons. The zero-order chi connectivity index (χ0) is 23.7. The highest BCUT2D eigenvalue weighted by Crippen LogP contribution is 2.40. The molecule has 7 nitrogen and oxygen atoms in total. The molecule has 1 aliphatic heterocycles. The Hall–Kier alpha value is -3.58. The molecule has 2 heterocycles. The SMILES string of the molecule is COc1cccc(C2C(C(=O)c3cc4cc(C)ccc4o3)=C(O)C(=O)N2CCCN(C)C)c1. The number of amides is 1. The summed E-state index contributed by atoms with van der Waals surface area (Å²) in [6.45, 7) is 3.11. The lowest BCUT2D eigenvalue weighted by Gasteiger charge is -2.27. The third-order valence-electron chi connectivity index (χ3n) is 5.86. The Morgan fingerprint density at radius 1 is 1.18 bits per heavy atom. The topological polar surface area (TPSA) is 83.2 Å². The maximum absolute atomic E-state index is 13.6. The zero-order valence-corrected chi connectivity index (χ0v) is 19.3. The number of carbonyl (C=O) groups excluding carboxylic acids is 2. The summed E-state index contributed by atoms with van der Waals surface area (Å²) in [5.41, 5.74) is 2.33. The second kappa shape index (κ2) is 9.11. The van der Waals surface area contributed by atoms with Crippen LogP contribution in [0.25, 0.3) is 11.0 Å². The number of Topliss-reactive ketones (excluding diaryl/α,β-unsaturated/α-hetero) is 1. The van der Waals surface area contributed by atoms with Gasteiger partial charge >= 0.3 is 0 Å². The average molecular weight is 449 g/mol. The van der Waals surface area contributed by atoms with E-state index in [1.54, 1.807) is 36.3 Å². The normalized spacial score (nSPS) is 16.3. The van der Waals surface area contributed by atoms with Crippen molar-refractivity contribution in [3.8, 4) is 5.75 Å². The van der Waals surface area contributed by atoms with E-state index < -0.39 is 23.5 Å². The molecule has 1 N–H and O–H groups in total. The summed E-state index contributed by atoms with van der Waals surface area (Å²) in [5, 5.41) is 11.6. The molecule has 0 bridgehead atoms. The first-order chi connectivity index (χ1) is 15.8. The summed E-state index contributed by atoms with van der Waals surface area (Å²) in [6.07, 6.45) is 0.692. The summed E-state index contributed by atoms with van der Waals surface area (Å²) in [7, 11) is 5.47. The number of hydrogen-bond donors (Lipinski definition) is 1. The quantitative estimate of drug-likeness (QED) is 0.518. The predicted octanol–water partition coefficient (Wildman–Crippen LogP) is 4.28. The molecule has 2 aromatic carbocycles. The number of fused-ring (bicyclic) bond motifs is 1. The molecule has 1 aromatic heterocycles. The second-order valence-electron chi connectivity index (χ2n) is 8.58. The first-order valence-electron chi connectivity index (χ1n) is 10.9. The fraction of sp³-hybridized carbons (Fsp3) is 0.308. The van der Waals surface area contributed by atoms with Crippen LogP contribution in [0.2, 0.25) is 0 Å². The van der Waals surface area contributed by atoms with Crippen LogP contribution in [-0.2, 0) is 4.79 Å². The molecule has 7 heteroatoms. The first-order valence-corrected chi connectivity index (χ1v) is 10.9. The van der Waals surface area contributed by atoms with Gasteiger partial charge in [-0.3, -0.25) is 9.59 Å². The number of aryl methyl sites for hydroxylation is 1. The van der Waals surface area contributed by atoms with E-state index in [9.17, 15) is 14.7 Å². The third kappa shape index (κ3) is 4.36. The lowest BCUT2D eigenvalue weighted by atomic mass is 9.94. The maximum atomic E-state index is 13.6. The van der Waals surface area contributed by atoms with Crippen molar-refractivity contribution in [2.45, 2.75) is 19.4 Å². The number of rotatable bonds is 8. The number of furan rings is 1. The zero-order valence-electron chi connectivity index (χ0n) is 19.3. The van der Waals surface area contributed by atoms with E-state index in [0.717, 1.165) is 17.5 Å². The van der Waals surface area contributed by atoms with Gasteiger partial charge in [-0.2, -0.15) is 0 Å². The molecule has 3 aromatic rings. The Balaban J connectivity index is 1.76. The highest BCUT2D eigenvalue weighted by atomic mass is 16.5. The Kier molecular flexibility index (Phi) is 6.24. The molecule has 1 unspecified atom stereocenters. The lowest BCUT2D eigenvalue weighted by molar-refractivity contribution is -0.129. The van der Waals surface area contributed by atoms with Gasteiger partial charge in [0.25, 0.3) is 5.91 Å². The molecule has 1 atom stereocenters. The Labute approximate surface area is 192 Å². The van der Waals surface area contributed by atoms with Gasteiger partial charge in [0.05, 0.1) is 18.7 Å². The van der Waals surface area contributed by atoms with Crippen molar-refractivity contribution in [3.63, 3.8) is 0 Å². The lowest BCUT2D eigenvalue weighted by Crippen LogP contribution is -2.33. The molecule has 1 aliphatic rings. The van der Waals surface area contributed by atoms with Crippen molar-refractivity contribution in [2.24, 2.45) is 0 Å². The van der Waals surface area contributed by atoms with Crippen LogP contribution in [0.4, 0.5) is 0 Å². The third-order valence-corrected chi connectivity index (χ3v) is 5.86. The fourth-order valence-corrected chi connectivity index (χ4v) is 4.24. The van der Waals surface area contributed by atoms with Gasteiger partial charge in [0, 0.05) is 11.9 Å². The summed E-state index contributed by atoms with van der Waals surface area (Å²) in [4.78, 5) is 30.2. The van der Waals surface area contributed by atoms with E-state index in [-0.39, 0.29) is 11.3 Å². The monoisotopic (exact) mass is 448 g/mol. The van der Waals surface area contributed by atoms with E-state index in [0.29, 0.717) is 29.9 Å². The van der Waals surface area contributed by atoms with Crippen molar-refractivity contribution in [1.29, 1.82) is 0 Å². The molecular weight excluding hydrogens is 420 g/mol. The first kappa shape index (κ1) is 22.6. The van der Waals surface area contributed by atoms with Crippen molar-refractivity contribution in [1.82, 2.24) is 9.80 Å². The molecule has 0 aliphatic carbocycles. The van der Waals surface area contributed by atoms with Gasteiger partial charge in [-0.15, -0.1) is 0 Å². The van der Waals surface area contributed by atoms with Gasteiger partial charge in [-0.05, 0) is 69.9 Å². The molecule has 172 valence electrons. The van der Waals surface area contributed by atoms with Crippen LogP contribution >= 0.6 is 0 Å². The molecule has 1 amide bonds. The largest absolute Gasteiger partial charge is 0.503 e. The smallest absolute Gasteiger partial charge is 0.290 e. The second-order valence-corrected chi connectivity index (χ2v) is 8.58. The van der Waals surface area contributed by atoms with Gasteiger partial charge in [0.15, 0.2) is 11.5 Å². The highest BCUT2D eigenvalue weighted by molar-refractivity contribution is 6.16. The van der Waals surface area contributed by atoms with Crippen LogP contribution in [0, 0.1) is 6.92 Å². The number of methoxy groups -OCH3 is 1. The molecule has 0 fully saturated rings. The summed E-state index contributed by atoms with van der Waals surface area (Å²) < 4.78 is 11.2. The molecule has 0 saturated carbocycles. The Bertz CT molecular complexity index is 1240. The number of ketones is 1. The standard InChI is InChI=1S/C26H28N2O5/c1-16-9-10-20-18(13-16)15-21(33-20)24(29)22-23(17-7-5-8-19(14-17)32-4)28(26(31)25(22)30)12-6-11-27(2)3/h5,7-10,13-15,23,30H,6,11-12H2,1-4H3. The predicted molar refractivity (Wildman–Crippen MR) is 126 cm³/mol. The van der Waals surface area contributed by atoms with Crippen LogP contribution < -0.4 is 4.74 Å². The number of benzene rings is 2. The van der Waals surface area contributed by atoms with Gasteiger partial charge in [0.1, 0.15) is 11.3 Å². The van der Waals surface area contributed by atoms with E-state index in [1.807, 2.05) is 50.2 Å². The van der Waals surface area contributed by atoms with Gasteiger partial charge in [0.2, 0.25) is 5.78 Å². The summed E-state index contributed by atoms with van der Waals surface area (Å²) >= 11 is 0. The summed E-state index contributed by atoms with van der Waals surface area (Å²) in [6, 6.07) is 13.8. The minimum absolute atomic E-state index is 0.0221. The van der Waals surface area contributed by atoms with Crippen LogP contribution in [0.15, 0.2) is 64.3 Å². The summed E-state index contributed by atoms with van der Waals surface area (Å²) in [5.74, 6) is -0.901. The molecular formula is C26H28N2O5. The number of aliphatic hydroxyl groups excluding tert-OH is 1. The van der Waals surface area contributed by atoms with Crippen molar-refractivity contribution >= 4 is 22.7 Å². The number of ether oxygens (including phenoxy) is 1. The fourth-order valence-electron chi connectivity index (χ4n) is 4.24. The highest BCUT2D eigenvalue weighted by Gasteiger charge is 2.44. The van der Waals surface area contributed by atoms with Crippen LogP contribution in [0.1, 0.15) is 34.1 Å². The van der Waals surface area contributed by atoms with Crippen molar-refractivity contribution < 1.29 is 23.8 Å². The van der Waals surface area contributed by atoms with Crippen LogP contribution in [-0.4, -0.2) is 60.9 Å². The number of carbonyl (C=O) groups is 2. The Morgan fingerprint density at radius 2 is 1.97 bits per heavy atom. The van der Waals surface area contributed by atoms with E-state index in [1.165, 1.54) is 0 Å². The average Bonchev–Trinajstić information content (AvgIpc) is 3.32. The maximum Gasteiger partial charge on any atom is 0.290 e. The van der Waals surface area contributed by atoms with Gasteiger partial charge < -0.3 is 24.1 Å². The minimum Gasteiger partial charge on any atom is -0.503 e. The van der Waals surface area contributed by atoms with Crippen LogP contribution in [0.3, 0.4) is 0 Å². The number of nitrogens with zero attached hydrogens (tertiary/aromatic N) is 2. The minimum atomic E-state index is -0.739. The molecule has 0 spiro atoms. The Morgan fingerprint density at radius 3 is 2.70 bits per heavy atom. The van der Waals surface area contributed by atoms with E-state index >= 15 is 0 Å². The van der Waals surface area contributed by atoms with Crippen molar-refractivity contribution in [2.75, 3.05) is 34.3 Å².